The summed E-state index contributed by atoms with van der Waals surface area (Å²) < 4.78 is 0. The van der Waals surface area contributed by atoms with E-state index in [0.717, 1.165) is 12.8 Å². The van der Waals surface area contributed by atoms with Crippen molar-refractivity contribution in [1.29, 1.82) is 0 Å². The molecule has 2 aromatic heterocycles. The molecule has 2 aliphatic rings. The number of H-pyrrole nitrogens is 1. The zero-order chi connectivity index (χ0) is 18.1. The molecule has 1 N–H and O–H groups in total. The Labute approximate surface area is 149 Å². The van der Waals surface area contributed by atoms with E-state index < -0.39 is 11.8 Å². The Morgan fingerprint density at radius 2 is 1.85 bits per heavy atom. The third-order valence-electron chi connectivity index (χ3n) is 4.87. The molecule has 1 saturated heterocycles. The van der Waals surface area contributed by atoms with Crippen molar-refractivity contribution in [2.45, 2.75) is 25.8 Å². The first kappa shape index (κ1) is 16.4. The van der Waals surface area contributed by atoms with E-state index >= 15 is 0 Å². The van der Waals surface area contributed by atoms with Crippen LogP contribution in [0.4, 0.5) is 0 Å². The van der Waals surface area contributed by atoms with Crippen molar-refractivity contribution in [3.05, 3.63) is 46.1 Å². The lowest BCUT2D eigenvalue weighted by molar-refractivity contribution is -0.151. The summed E-state index contributed by atoms with van der Waals surface area (Å²) in [5.74, 6) is -0.548. The zero-order valence-corrected chi connectivity index (χ0v) is 14.3. The summed E-state index contributed by atoms with van der Waals surface area (Å²) in [6, 6.07) is 3.57. The van der Waals surface area contributed by atoms with E-state index in [1.54, 1.807) is 29.4 Å². The number of likely N-dealkylation sites (tertiary alicyclic amines) is 1. The van der Waals surface area contributed by atoms with Gasteiger partial charge in [-0.3, -0.25) is 19.4 Å². The summed E-state index contributed by atoms with van der Waals surface area (Å²) in [5.41, 5.74) is 1.62. The van der Waals surface area contributed by atoms with Gasteiger partial charge in [-0.05, 0) is 31.4 Å². The third-order valence-corrected chi connectivity index (χ3v) is 4.87. The van der Waals surface area contributed by atoms with E-state index in [1.165, 1.54) is 4.90 Å². The number of aromatic amines is 1. The maximum Gasteiger partial charge on any atom is 0.312 e. The molecule has 134 valence electrons. The number of nitrogens with one attached hydrogen (secondary N) is 1. The molecule has 8 nitrogen and oxygen atoms in total. The highest BCUT2D eigenvalue weighted by Crippen LogP contribution is 2.19. The predicted octanol–water partition coefficient (Wildman–Crippen LogP) is 0.339. The van der Waals surface area contributed by atoms with Crippen LogP contribution in [0, 0.1) is 0 Å². The molecular weight excluding hydrogens is 334 g/mol. The highest BCUT2D eigenvalue weighted by Gasteiger charge is 2.32. The normalized spacial score (nSPS) is 16.5. The van der Waals surface area contributed by atoms with Gasteiger partial charge in [0.15, 0.2) is 0 Å². The van der Waals surface area contributed by atoms with Gasteiger partial charge in [-0.2, -0.15) is 0 Å². The number of fused-ring (bicyclic) bond motifs is 1. The Morgan fingerprint density at radius 1 is 1.08 bits per heavy atom. The number of pyridine rings is 1. The second-order valence-corrected chi connectivity index (χ2v) is 6.56. The number of carbonyl (C=O) groups is 2. The van der Waals surface area contributed by atoms with E-state index in [9.17, 15) is 14.4 Å². The highest BCUT2D eigenvalue weighted by atomic mass is 16.2. The fraction of sp³-hybridized carbons (Fsp3) is 0.389. The van der Waals surface area contributed by atoms with Gasteiger partial charge < -0.3 is 14.8 Å². The molecular formula is C18H19N5O3. The Bertz CT molecular complexity index is 903. The molecule has 2 amide bonds. The van der Waals surface area contributed by atoms with Crippen LogP contribution in [0.3, 0.4) is 0 Å². The van der Waals surface area contributed by atoms with Crippen LogP contribution in [0.15, 0.2) is 29.3 Å². The van der Waals surface area contributed by atoms with Gasteiger partial charge in [0.05, 0.1) is 12.2 Å². The molecule has 26 heavy (non-hydrogen) atoms. The van der Waals surface area contributed by atoms with Crippen molar-refractivity contribution < 1.29 is 9.59 Å². The Morgan fingerprint density at radius 3 is 2.58 bits per heavy atom. The van der Waals surface area contributed by atoms with Crippen LogP contribution >= 0.6 is 0 Å². The van der Waals surface area contributed by atoms with Crippen LogP contribution in [0.25, 0.3) is 11.4 Å². The third kappa shape index (κ3) is 2.98. The molecule has 1 fully saturated rings. The van der Waals surface area contributed by atoms with Crippen LogP contribution in [0.1, 0.15) is 24.1 Å². The molecule has 0 atom stereocenters. The first-order valence-electron chi connectivity index (χ1n) is 8.74. The number of nitrogens with zero attached hydrogens (tertiary/aromatic N) is 4. The second kappa shape index (κ2) is 6.70. The van der Waals surface area contributed by atoms with Gasteiger partial charge in [0.2, 0.25) is 0 Å². The van der Waals surface area contributed by atoms with E-state index in [2.05, 4.69) is 15.0 Å². The summed E-state index contributed by atoms with van der Waals surface area (Å²) in [6.45, 7) is 1.80. The summed E-state index contributed by atoms with van der Waals surface area (Å²) in [6.07, 6.45) is 5.53. The average molecular weight is 353 g/mol. The first-order valence-corrected chi connectivity index (χ1v) is 8.74. The van der Waals surface area contributed by atoms with E-state index in [-0.39, 0.29) is 12.1 Å². The van der Waals surface area contributed by atoms with Crippen LogP contribution in [-0.2, 0) is 22.6 Å². The van der Waals surface area contributed by atoms with Crippen LogP contribution in [0.5, 0.6) is 0 Å². The Kier molecular flexibility index (Phi) is 4.24. The van der Waals surface area contributed by atoms with Gasteiger partial charge in [0.1, 0.15) is 5.82 Å². The Balaban J connectivity index is 1.59. The van der Waals surface area contributed by atoms with Crippen LogP contribution in [0.2, 0.25) is 0 Å². The SMILES string of the molecule is O=C(C(=O)N1CCc2c(nc(-c3cccnc3)[nH]c2=O)C1)N1CCCC1. The predicted molar refractivity (Wildman–Crippen MR) is 93.0 cm³/mol. The van der Waals surface area contributed by atoms with Gasteiger partial charge in [0, 0.05) is 43.2 Å². The highest BCUT2D eigenvalue weighted by molar-refractivity contribution is 6.34. The van der Waals surface area contributed by atoms with Crippen molar-refractivity contribution in [2.24, 2.45) is 0 Å². The molecule has 0 saturated carbocycles. The molecule has 2 aromatic rings. The maximum absolute atomic E-state index is 12.5. The fourth-order valence-electron chi connectivity index (χ4n) is 3.44. The molecule has 0 aromatic carbocycles. The van der Waals surface area contributed by atoms with Crippen molar-refractivity contribution >= 4 is 11.8 Å². The largest absolute Gasteiger partial charge is 0.334 e. The maximum atomic E-state index is 12.5. The molecule has 0 spiro atoms. The lowest BCUT2D eigenvalue weighted by Gasteiger charge is -2.28. The van der Waals surface area contributed by atoms with Gasteiger partial charge in [-0.25, -0.2) is 4.98 Å². The van der Waals surface area contributed by atoms with Gasteiger partial charge in [-0.15, -0.1) is 0 Å². The minimum atomic E-state index is -0.512. The standard InChI is InChI=1S/C18H19N5O3/c24-16-13-5-9-23(18(26)17(25)22-7-1-2-8-22)11-14(13)20-15(21-16)12-4-3-6-19-10-12/h3-4,6,10H,1-2,5,7-9,11H2,(H,20,21,24). The van der Waals surface area contributed by atoms with Crippen LogP contribution in [-0.4, -0.2) is 56.2 Å². The quantitative estimate of drug-likeness (QED) is 0.745. The van der Waals surface area contributed by atoms with Crippen molar-refractivity contribution in [3.8, 4) is 11.4 Å². The molecule has 0 aliphatic carbocycles. The zero-order valence-electron chi connectivity index (χ0n) is 14.3. The number of rotatable bonds is 1. The van der Waals surface area contributed by atoms with Crippen molar-refractivity contribution in [2.75, 3.05) is 19.6 Å². The number of aromatic nitrogens is 3. The van der Waals surface area contributed by atoms with E-state index in [4.69, 9.17) is 0 Å². The van der Waals surface area contributed by atoms with Gasteiger partial charge in [0.25, 0.3) is 5.56 Å². The topological polar surface area (TPSA) is 99.3 Å². The molecule has 2 aliphatic heterocycles. The molecule has 4 rings (SSSR count). The summed E-state index contributed by atoms with van der Waals surface area (Å²) in [4.78, 5) is 51.7. The lowest BCUT2D eigenvalue weighted by atomic mass is 10.1. The number of hydrogen-bond donors (Lipinski definition) is 1. The lowest BCUT2D eigenvalue weighted by Crippen LogP contribution is -2.47. The van der Waals surface area contributed by atoms with E-state index in [0.29, 0.717) is 48.7 Å². The fourth-order valence-corrected chi connectivity index (χ4v) is 3.44. The minimum absolute atomic E-state index is 0.172. The van der Waals surface area contributed by atoms with Gasteiger partial charge in [-0.1, -0.05) is 0 Å². The smallest absolute Gasteiger partial charge is 0.312 e. The van der Waals surface area contributed by atoms with Gasteiger partial charge >= 0.3 is 11.8 Å². The molecule has 0 radical (unpaired) electrons. The van der Waals surface area contributed by atoms with E-state index in [1.807, 2.05) is 0 Å². The monoisotopic (exact) mass is 353 g/mol. The molecule has 8 heteroatoms. The summed E-state index contributed by atoms with van der Waals surface area (Å²) >= 11 is 0. The van der Waals surface area contributed by atoms with Crippen LogP contribution < -0.4 is 5.56 Å². The molecule has 0 unspecified atom stereocenters. The number of hydrogen-bond acceptors (Lipinski definition) is 5. The molecule has 0 bridgehead atoms. The Hall–Kier alpha value is -3.03. The van der Waals surface area contributed by atoms with Crippen molar-refractivity contribution in [3.63, 3.8) is 0 Å². The molecule has 4 heterocycles. The minimum Gasteiger partial charge on any atom is -0.334 e. The van der Waals surface area contributed by atoms with Crippen molar-refractivity contribution in [1.82, 2.24) is 24.8 Å². The average Bonchev–Trinajstić information content (AvgIpc) is 3.22. The second-order valence-electron chi connectivity index (χ2n) is 6.56. The first-order chi connectivity index (χ1) is 12.6. The summed E-state index contributed by atoms with van der Waals surface area (Å²) in [7, 11) is 0. The number of amides is 2. The number of carbonyl (C=O) groups excluding carboxylic acids is 2. The summed E-state index contributed by atoms with van der Waals surface area (Å²) in [5, 5.41) is 0.